The second-order valence-corrected chi connectivity index (χ2v) is 5.45. The van der Waals surface area contributed by atoms with Gasteiger partial charge in [-0.25, -0.2) is 0 Å². The summed E-state index contributed by atoms with van der Waals surface area (Å²) in [6, 6.07) is 0.672. The van der Waals surface area contributed by atoms with Gasteiger partial charge in [0.2, 0.25) is 0 Å². The van der Waals surface area contributed by atoms with Crippen LogP contribution in [-0.2, 0) is 0 Å². The molecule has 0 spiro atoms. The summed E-state index contributed by atoms with van der Waals surface area (Å²) in [7, 11) is 2.11. The molecule has 2 heteroatoms. The van der Waals surface area contributed by atoms with E-state index in [2.05, 4.69) is 37.2 Å². The first kappa shape index (κ1) is 11.0. The molecule has 1 saturated carbocycles. The number of rotatable bonds is 4. The van der Waals surface area contributed by atoms with Gasteiger partial charge in [0.25, 0.3) is 0 Å². The summed E-state index contributed by atoms with van der Waals surface area (Å²) < 4.78 is 0. The van der Waals surface area contributed by atoms with E-state index in [9.17, 15) is 0 Å². The fourth-order valence-electron chi connectivity index (χ4n) is 3.03. The van der Waals surface area contributed by atoms with Crippen molar-refractivity contribution >= 4 is 6.21 Å². The minimum absolute atomic E-state index is 0.650. The Kier molecular flexibility index (Phi) is 3.32. The summed E-state index contributed by atoms with van der Waals surface area (Å²) in [5, 5.41) is 6.51. The average Bonchev–Trinajstić information content (AvgIpc) is 2.46. The summed E-state index contributed by atoms with van der Waals surface area (Å²) in [5.74, 6) is 2.72. The summed E-state index contributed by atoms with van der Waals surface area (Å²) >= 11 is 0. The Hall–Kier alpha value is -0.530. The molecule has 1 fully saturated rings. The average molecular weight is 208 g/mol. The number of hydrogen-bond acceptors (Lipinski definition) is 2. The van der Waals surface area contributed by atoms with Crippen molar-refractivity contribution in [2.24, 2.45) is 22.9 Å². The maximum Gasteiger partial charge on any atom is 0.0542 e. The summed E-state index contributed by atoms with van der Waals surface area (Å²) in [4.78, 5) is 0. The number of hydrazone groups is 1. The summed E-state index contributed by atoms with van der Waals surface area (Å²) in [6.45, 7) is 4.61. The minimum Gasteiger partial charge on any atom is -0.297 e. The van der Waals surface area contributed by atoms with Crippen molar-refractivity contribution in [2.75, 3.05) is 7.05 Å². The van der Waals surface area contributed by atoms with E-state index < -0.39 is 0 Å². The Morgan fingerprint density at radius 1 is 1.27 bits per heavy atom. The third-order valence-electron chi connectivity index (χ3n) is 4.35. The number of hydrogen-bond donors (Lipinski definition) is 0. The highest BCUT2D eigenvalue weighted by Gasteiger charge is 2.30. The molecule has 0 aromatic carbocycles. The third kappa shape index (κ3) is 2.35. The minimum atomic E-state index is 0.650. The molecule has 2 rings (SSSR count). The molecule has 0 aromatic heterocycles. The lowest BCUT2D eigenvalue weighted by atomic mass is 9.71. The quantitative estimate of drug-likeness (QED) is 0.693. The SMILES string of the molecule is CCC1CC(CCC2C(C)C=NN2C)C1. The first-order valence-corrected chi connectivity index (χ1v) is 6.47. The maximum atomic E-state index is 4.36. The first-order valence-electron chi connectivity index (χ1n) is 6.47. The molecular formula is C13H24N2. The van der Waals surface area contributed by atoms with E-state index in [1.165, 1.54) is 32.1 Å². The molecule has 1 aliphatic carbocycles. The van der Waals surface area contributed by atoms with Gasteiger partial charge in [-0.1, -0.05) is 20.3 Å². The maximum absolute atomic E-state index is 4.36. The molecule has 0 N–H and O–H groups in total. The van der Waals surface area contributed by atoms with E-state index >= 15 is 0 Å². The van der Waals surface area contributed by atoms with Gasteiger partial charge in [-0.3, -0.25) is 5.01 Å². The monoisotopic (exact) mass is 208 g/mol. The Bertz CT molecular complexity index is 219. The third-order valence-corrected chi connectivity index (χ3v) is 4.35. The topological polar surface area (TPSA) is 15.6 Å². The van der Waals surface area contributed by atoms with Gasteiger partial charge >= 0.3 is 0 Å². The highest BCUT2D eigenvalue weighted by atomic mass is 15.5. The van der Waals surface area contributed by atoms with Gasteiger partial charge < -0.3 is 0 Å². The first-order chi connectivity index (χ1) is 7.20. The van der Waals surface area contributed by atoms with Gasteiger partial charge in [-0.2, -0.15) is 5.10 Å². The Balaban J connectivity index is 1.66. The van der Waals surface area contributed by atoms with E-state index in [1.807, 2.05) is 0 Å². The predicted octanol–water partition coefficient (Wildman–Crippen LogP) is 3.14. The van der Waals surface area contributed by atoms with Crippen molar-refractivity contribution in [1.82, 2.24) is 5.01 Å². The lowest BCUT2D eigenvalue weighted by Crippen LogP contribution is -2.30. The highest BCUT2D eigenvalue weighted by molar-refractivity contribution is 5.62. The van der Waals surface area contributed by atoms with Crippen LogP contribution in [-0.4, -0.2) is 24.3 Å². The van der Waals surface area contributed by atoms with Crippen LogP contribution in [0.1, 0.15) is 46.0 Å². The van der Waals surface area contributed by atoms with Gasteiger partial charge in [0.1, 0.15) is 0 Å². The van der Waals surface area contributed by atoms with Crippen molar-refractivity contribution in [2.45, 2.75) is 52.0 Å². The van der Waals surface area contributed by atoms with Gasteiger partial charge in [-0.05, 0) is 37.5 Å². The zero-order chi connectivity index (χ0) is 10.8. The largest absolute Gasteiger partial charge is 0.297 e. The Labute approximate surface area is 93.7 Å². The van der Waals surface area contributed by atoms with Crippen LogP contribution in [0.25, 0.3) is 0 Å². The van der Waals surface area contributed by atoms with Gasteiger partial charge in [0.05, 0.1) is 6.04 Å². The molecule has 0 aromatic rings. The van der Waals surface area contributed by atoms with Crippen LogP contribution in [0.5, 0.6) is 0 Å². The lowest BCUT2D eigenvalue weighted by Gasteiger charge is -2.36. The van der Waals surface area contributed by atoms with Crippen molar-refractivity contribution in [3.8, 4) is 0 Å². The van der Waals surface area contributed by atoms with Crippen molar-refractivity contribution < 1.29 is 0 Å². The molecule has 86 valence electrons. The Morgan fingerprint density at radius 3 is 2.53 bits per heavy atom. The second-order valence-electron chi connectivity index (χ2n) is 5.45. The molecule has 0 amide bonds. The normalized spacial score (nSPS) is 39.5. The molecule has 2 nitrogen and oxygen atoms in total. The van der Waals surface area contributed by atoms with Crippen molar-refractivity contribution in [3.63, 3.8) is 0 Å². The zero-order valence-corrected chi connectivity index (χ0v) is 10.3. The molecule has 2 aliphatic rings. The standard InChI is InChI=1S/C13H24N2/c1-4-11-7-12(8-11)5-6-13-10(2)9-14-15(13)3/h9-13H,4-8H2,1-3H3. The molecule has 0 bridgehead atoms. The summed E-state index contributed by atoms with van der Waals surface area (Å²) in [5.41, 5.74) is 0. The molecular weight excluding hydrogens is 184 g/mol. The number of nitrogens with zero attached hydrogens (tertiary/aromatic N) is 2. The molecule has 1 aliphatic heterocycles. The molecule has 2 atom stereocenters. The van der Waals surface area contributed by atoms with Gasteiger partial charge in [-0.15, -0.1) is 0 Å². The zero-order valence-electron chi connectivity index (χ0n) is 10.3. The van der Waals surface area contributed by atoms with E-state index in [0.717, 1.165) is 11.8 Å². The van der Waals surface area contributed by atoms with Crippen LogP contribution in [0, 0.1) is 17.8 Å². The van der Waals surface area contributed by atoms with Crippen LogP contribution in [0.2, 0.25) is 0 Å². The van der Waals surface area contributed by atoms with E-state index in [-0.39, 0.29) is 0 Å². The van der Waals surface area contributed by atoms with E-state index in [1.54, 1.807) is 0 Å². The predicted molar refractivity (Wildman–Crippen MR) is 64.9 cm³/mol. The van der Waals surface area contributed by atoms with Gasteiger partial charge in [0.15, 0.2) is 0 Å². The smallest absolute Gasteiger partial charge is 0.0542 e. The second kappa shape index (κ2) is 4.54. The lowest BCUT2D eigenvalue weighted by molar-refractivity contribution is 0.149. The van der Waals surface area contributed by atoms with Crippen LogP contribution in [0.3, 0.4) is 0 Å². The Morgan fingerprint density at radius 2 is 2.00 bits per heavy atom. The fraction of sp³-hybridized carbons (Fsp3) is 0.923. The summed E-state index contributed by atoms with van der Waals surface area (Å²) in [6.07, 6.45) is 9.21. The molecule has 0 radical (unpaired) electrons. The van der Waals surface area contributed by atoms with Crippen molar-refractivity contribution in [1.29, 1.82) is 0 Å². The van der Waals surface area contributed by atoms with Gasteiger partial charge in [0, 0.05) is 19.2 Å². The molecule has 1 heterocycles. The van der Waals surface area contributed by atoms with Crippen LogP contribution < -0.4 is 0 Å². The molecule has 0 saturated heterocycles. The molecule has 15 heavy (non-hydrogen) atoms. The van der Waals surface area contributed by atoms with E-state index in [4.69, 9.17) is 0 Å². The van der Waals surface area contributed by atoms with Crippen LogP contribution in [0.15, 0.2) is 5.10 Å². The van der Waals surface area contributed by atoms with Crippen molar-refractivity contribution in [3.05, 3.63) is 0 Å². The van der Waals surface area contributed by atoms with Crippen LogP contribution in [0.4, 0.5) is 0 Å². The molecule has 2 unspecified atom stereocenters. The van der Waals surface area contributed by atoms with Crippen LogP contribution >= 0.6 is 0 Å². The highest BCUT2D eigenvalue weighted by Crippen LogP contribution is 2.39. The van der Waals surface area contributed by atoms with E-state index in [0.29, 0.717) is 12.0 Å². The fourth-order valence-corrected chi connectivity index (χ4v) is 3.03.